The van der Waals surface area contributed by atoms with Gasteiger partial charge in [-0.15, -0.1) is 0 Å². The van der Waals surface area contributed by atoms with Crippen LogP contribution in [-0.4, -0.2) is 69.9 Å². The van der Waals surface area contributed by atoms with Gasteiger partial charge in [0.2, 0.25) is 11.8 Å². The van der Waals surface area contributed by atoms with Crippen LogP contribution in [0.3, 0.4) is 0 Å². The summed E-state index contributed by atoms with van der Waals surface area (Å²) >= 11 is 5.48. The summed E-state index contributed by atoms with van der Waals surface area (Å²) in [5.74, 6) is 0.0403. The predicted molar refractivity (Wildman–Crippen MR) is 154 cm³/mol. The molecule has 2 saturated heterocycles. The highest BCUT2D eigenvalue weighted by Crippen LogP contribution is 2.41. The van der Waals surface area contributed by atoms with E-state index in [4.69, 9.17) is 12.2 Å². The maximum absolute atomic E-state index is 14.2. The van der Waals surface area contributed by atoms with Crippen molar-refractivity contribution in [3.05, 3.63) is 81.3 Å². The molecule has 8 heteroatoms. The summed E-state index contributed by atoms with van der Waals surface area (Å²) in [6, 6.07) is 16.2. The zero-order valence-electron chi connectivity index (χ0n) is 22.4. The van der Waals surface area contributed by atoms with Gasteiger partial charge in [0.05, 0.1) is 0 Å². The quantitative estimate of drug-likeness (QED) is 0.376. The number of piperidine rings is 1. The number of carbonyl (C=O) groups is 2. The van der Waals surface area contributed by atoms with E-state index in [2.05, 4.69) is 35.2 Å². The molecule has 1 aliphatic carbocycles. The summed E-state index contributed by atoms with van der Waals surface area (Å²) in [6.07, 6.45) is 3.40. The van der Waals surface area contributed by atoms with Gasteiger partial charge in [-0.25, -0.2) is 0 Å². The van der Waals surface area contributed by atoms with Crippen LogP contribution >= 0.6 is 12.2 Å². The van der Waals surface area contributed by atoms with Crippen LogP contribution < -0.4 is 5.56 Å². The van der Waals surface area contributed by atoms with Crippen molar-refractivity contribution in [3.63, 3.8) is 0 Å². The third-order valence-electron chi connectivity index (χ3n) is 9.51. The molecule has 0 spiro atoms. The highest BCUT2D eigenvalue weighted by molar-refractivity contribution is 7.80. The van der Waals surface area contributed by atoms with E-state index < -0.39 is 5.41 Å². The molecule has 7 nitrogen and oxygen atoms in total. The fourth-order valence-electron chi connectivity index (χ4n) is 7.77. The van der Waals surface area contributed by atoms with Gasteiger partial charge in [-0.05, 0) is 77.3 Å². The lowest BCUT2D eigenvalue weighted by Crippen LogP contribution is -2.67. The van der Waals surface area contributed by atoms with E-state index in [1.165, 1.54) is 26.3 Å². The van der Waals surface area contributed by atoms with E-state index in [1.807, 2.05) is 16.7 Å². The van der Waals surface area contributed by atoms with Crippen LogP contribution in [0, 0.1) is 11.3 Å². The number of nitrogens with zero attached hydrogens (tertiary/aromatic N) is 4. The Bertz CT molecular complexity index is 1590. The Morgan fingerprint density at radius 3 is 2.36 bits per heavy atom. The molecule has 3 aromatic rings. The van der Waals surface area contributed by atoms with Crippen molar-refractivity contribution in [3.8, 4) is 0 Å². The topological polar surface area (TPSA) is 65.9 Å². The molecule has 3 aliphatic heterocycles. The predicted octanol–water partition coefficient (Wildman–Crippen LogP) is 2.96. The first kappa shape index (κ1) is 24.7. The molecule has 2 unspecified atom stereocenters. The molecule has 1 aromatic heterocycles. The number of amides is 2. The summed E-state index contributed by atoms with van der Waals surface area (Å²) in [7, 11) is 3.37. The van der Waals surface area contributed by atoms with Crippen molar-refractivity contribution in [2.24, 2.45) is 11.3 Å². The number of hydrogen-bond donors (Lipinski definition) is 0. The largest absolute Gasteiger partial charge is 0.312 e. The molecular formula is C31H32N4O3S. The van der Waals surface area contributed by atoms with Crippen molar-refractivity contribution >= 4 is 39.9 Å². The zero-order chi connectivity index (χ0) is 27.1. The van der Waals surface area contributed by atoms with E-state index in [-0.39, 0.29) is 28.4 Å². The minimum Gasteiger partial charge on any atom is -0.312 e. The molecule has 39 heavy (non-hydrogen) atoms. The Kier molecular flexibility index (Phi) is 5.58. The van der Waals surface area contributed by atoms with Crippen LogP contribution in [0.15, 0.2) is 53.3 Å². The van der Waals surface area contributed by atoms with Crippen LogP contribution in [0.2, 0.25) is 0 Å². The monoisotopic (exact) mass is 540 g/mol. The fourth-order valence-corrected chi connectivity index (χ4v) is 7.93. The zero-order valence-corrected chi connectivity index (χ0v) is 23.2. The molecule has 0 radical (unpaired) electrons. The summed E-state index contributed by atoms with van der Waals surface area (Å²) < 4.78 is 1.91. The lowest BCUT2D eigenvalue weighted by molar-refractivity contribution is -0.157. The Hall–Kier alpha value is -3.36. The SMILES string of the molecule is CN1C(=O)C(Cc2ccc3c4c(cccc24)CC3)(CN2CC3CC(C2)c2cccc(=O)n2C3)C(=O)N(C)C1=S. The van der Waals surface area contributed by atoms with Gasteiger partial charge in [-0.2, -0.15) is 0 Å². The number of pyridine rings is 1. The van der Waals surface area contributed by atoms with Gasteiger partial charge in [-0.3, -0.25) is 24.2 Å². The van der Waals surface area contributed by atoms with Gasteiger partial charge in [0, 0.05) is 58.0 Å². The smallest absolute Gasteiger partial charge is 0.250 e. The Labute approximate surface area is 233 Å². The molecule has 4 heterocycles. The lowest BCUT2D eigenvalue weighted by Gasteiger charge is -2.48. The third kappa shape index (κ3) is 3.64. The minimum absolute atomic E-state index is 0.0496. The first-order valence-electron chi connectivity index (χ1n) is 13.8. The summed E-state index contributed by atoms with van der Waals surface area (Å²) in [4.78, 5) is 46.2. The number of aryl methyl sites for hydroxylation is 2. The number of likely N-dealkylation sites (tertiary alicyclic amines) is 1. The number of aromatic nitrogens is 1. The van der Waals surface area contributed by atoms with Crippen LogP contribution in [-0.2, 0) is 35.4 Å². The van der Waals surface area contributed by atoms with Crippen LogP contribution in [0.5, 0.6) is 0 Å². The molecule has 200 valence electrons. The number of fused-ring (bicyclic) bond motifs is 4. The van der Waals surface area contributed by atoms with Gasteiger partial charge in [0.25, 0.3) is 5.56 Å². The Morgan fingerprint density at radius 2 is 1.59 bits per heavy atom. The second-order valence-corrected chi connectivity index (χ2v) is 12.3. The standard InChI is InChI=1S/C31H32N4O3S/c1-32-28(37)31(29(38)33(2)30(32)39,14-22-12-11-21-10-9-20-5-3-6-24(22)27(20)21)18-34-15-19-13-23(17-34)25-7-4-8-26(36)35(25)16-19/h3-8,11-12,19,23H,9-10,13-18H2,1-2H3. The van der Waals surface area contributed by atoms with Gasteiger partial charge in [0.1, 0.15) is 5.41 Å². The average Bonchev–Trinajstić information content (AvgIpc) is 3.36. The van der Waals surface area contributed by atoms with Gasteiger partial charge in [-0.1, -0.05) is 36.4 Å². The van der Waals surface area contributed by atoms with Crippen molar-refractivity contribution in [1.29, 1.82) is 0 Å². The minimum atomic E-state index is -1.29. The van der Waals surface area contributed by atoms with Crippen molar-refractivity contribution < 1.29 is 9.59 Å². The fraction of sp³-hybridized carbons (Fsp3) is 0.419. The normalized spacial score (nSPS) is 24.0. The van der Waals surface area contributed by atoms with Gasteiger partial charge >= 0.3 is 0 Å². The van der Waals surface area contributed by atoms with Crippen molar-refractivity contribution in [1.82, 2.24) is 19.3 Å². The number of hydrogen-bond acceptors (Lipinski definition) is 5. The average molecular weight is 541 g/mol. The second kappa shape index (κ2) is 8.83. The molecule has 0 saturated carbocycles. The number of carbonyl (C=O) groups excluding carboxylic acids is 2. The lowest BCUT2D eigenvalue weighted by atomic mass is 9.74. The highest BCUT2D eigenvalue weighted by Gasteiger charge is 2.55. The molecule has 2 aromatic carbocycles. The summed E-state index contributed by atoms with van der Waals surface area (Å²) in [5.41, 5.74) is 3.53. The maximum atomic E-state index is 14.2. The highest BCUT2D eigenvalue weighted by atomic mass is 32.1. The van der Waals surface area contributed by atoms with Crippen LogP contribution in [0.4, 0.5) is 0 Å². The number of thiocarbonyl (C=S) groups is 1. The number of rotatable bonds is 4. The number of benzene rings is 2. The van der Waals surface area contributed by atoms with Crippen LogP contribution in [0.25, 0.3) is 10.8 Å². The molecule has 7 rings (SSSR count). The molecule has 2 atom stereocenters. The summed E-state index contributed by atoms with van der Waals surface area (Å²) in [6.45, 7) is 2.47. The van der Waals surface area contributed by atoms with E-state index in [9.17, 15) is 14.4 Å². The summed E-state index contributed by atoms with van der Waals surface area (Å²) in [5, 5.41) is 2.67. The maximum Gasteiger partial charge on any atom is 0.250 e. The molecule has 2 bridgehead atoms. The van der Waals surface area contributed by atoms with E-state index in [1.54, 1.807) is 20.2 Å². The van der Waals surface area contributed by atoms with E-state index in [0.29, 0.717) is 32.0 Å². The van der Waals surface area contributed by atoms with E-state index in [0.717, 1.165) is 42.5 Å². The first-order chi connectivity index (χ1) is 18.8. The van der Waals surface area contributed by atoms with Crippen molar-refractivity contribution in [2.75, 3.05) is 33.7 Å². The Morgan fingerprint density at radius 1 is 0.872 bits per heavy atom. The van der Waals surface area contributed by atoms with Crippen LogP contribution in [0.1, 0.15) is 34.7 Å². The van der Waals surface area contributed by atoms with Crippen molar-refractivity contribution in [2.45, 2.75) is 38.1 Å². The molecular weight excluding hydrogens is 508 g/mol. The third-order valence-corrected chi connectivity index (χ3v) is 10.1. The Balaban J connectivity index is 1.30. The molecule has 2 amide bonds. The van der Waals surface area contributed by atoms with E-state index >= 15 is 0 Å². The van der Waals surface area contributed by atoms with Gasteiger partial charge < -0.3 is 9.47 Å². The molecule has 2 fully saturated rings. The molecule has 4 aliphatic rings. The second-order valence-electron chi connectivity index (χ2n) is 11.9. The molecule has 0 N–H and O–H groups in total. The van der Waals surface area contributed by atoms with Gasteiger partial charge in [0.15, 0.2) is 5.11 Å². The first-order valence-corrected chi connectivity index (χ1v) is 14.2.